The molecule has 54 valence electrons. The van der Waals surface area contributed by atoms with Gasteiger partial charge in [-0.05, 0) is 30.6 Å². The van der Waals surface area contributed by atoms with Gasteiger partial charge in [-0.1, -0.05) is 19.1 Å². The predicted octanol–water partition coefficient (Wildman–Crippen LogP) is 2.47. The Morgan fingerprint density at radius 2 is 1.90 bits per heavy atom. The molecule has 0 amide bonds. The molecule has 0 N–H and O–H groups in total. The Morgan fingerprint density at radius 1 is 1.20 bits per heavy atom. The van der Waals surface area contributed by atoms with Crippen LogP contribution in [0.4, 0.5) is 0 Å². The summed E-state index contributed by atoms with van der Waals surface area (Å²) in [7, 11) is 0. The Kier molecular flexibility index (Phi) is 2.17. The molecule has 0 aliphatic heterocycles. The average Bonchev–Trinajstić information content (AvgIpc) is 2.52. The average molecular weight is 134 g/mol. The van der Waals surface area contributed by atoms with Gasteiger partial charge in [0.1, 0.15) is 0 Å². The van der Waals surface area contributed by atoms with Gasteiger partial charge in [0, 0.05) is 0 Å². The molecule has 10 heavy (non-hydrogen) atoms. The minimum Gasteiger partial charge on any atom is -0.124 e. The van der Waals surface area contributed by atoms with E-state index in [4.69, 9.17) is 0 Å². The van der Waals surface area contributed by atoms with Gasteiger partial charge in [-0.2, -0.15) is 0 Å². The van der Waals surface area contributed by atoms with Crippen LogP contribution < -0.4 is 0 Å². The zero-order valence-electron chi connectivity index (χ0n) is 6.46. The standard InChI is InChI=1S/C8H12.C2H2/c1-6-4-7-2-3-8(6)5-7;1-2/h2-3,6-8H,4-5H2,1H3;1-2H. The van der Waals surface area contributed by atoms with Crippen LogP contribution in [0, 0.1) is 30.6 Å². The maximum atomic E-state index is 4.00. The normalized spacial score (nSPS) is 40.9. The number of hydrogen-bond donors (Lipinski definition) is 0. The summed E-state index contributed by atoms with van der Waals surface area (Å²) in [5.74, 6) is 2.92. The van der Waals surface area contributed by atoms with Crippen molar-refractivity contribution in [2.45, 2.75) is 19.8 Å². The van der Waals surface area contributed by atoms with Gasteiger partial charge in [0.05, 0.1) is 0 Å². The predicted molar refractivity (Wildman–Crippen MR) is 44.4 cm³/mol. The van der Waals surface area contributed by atoms with Gasteiger partial charge in [-0.15, -0.1) is 12.8 Å². The topological polar surface area (TPSA) is 0 Å². The van der Waals surface area contributed by atoms with Crippen molar-refractivity contribution in [3.05, 3.63) is 12.2 Å². The molecule has 2 aliphatic rings. The van der Waals surface area contributed by atoms with E-state index >= 15 is 0 Å². The van der Waals surface area contributed by atoms with Crippen molar-refractivity contribution < 1.29 is 0 Å². The number of rotatable bonds is 0. The summed E-state index contributed by atoms with van der Waals surface area (Å²) in [5, 5.41) is 0. The summed E-state index contributed by atoms with van der Waals surface area (Å²) < 4.78 is 0. The van der Waals surface area contributed by atoms with Crippen LogP contribution >= 0.6 is 0 Å². The number of hydrogen-bond acceptors (Lipinski definition) is 0. The summed E-state index contributed by atoms with van der Waals surface area (Å²) in [6.45, 7) is 2.37. The van der Waals surface area contributed by atoms with Gasteiger partial charge in [-0.3, -0.25) is 0 Å². The second-order valence-electron chi connectivity index (χ2n) is 3.26. The van der Waals surface area contributed by atoms with Gasteiger partial charge in [-0.25, -0.2) is 0 Å². The lowest BCUT2D eigenvalue weighted by atomic mass is 9.96. The van der Waals surface area contributed by atoms with Gasteiger partial charge in [0.2, 0.25) is 0 Å². The minimum atomic E-state index is 0.958. The molecule has 0 aromatic rings. The van der Waals surface area contributed by atoms with E-state index in [0.29, 0.717) is 0 Å². The van der Waals surface area contributed by atoms with Crippen molar-refractivity contribution in [3.8, 4) is 12.8 Å². The van der Waals surface area contributed by atoms with E-state index in [1.807, 2.05) is 0 Å². The van der Waals surface area contributed by atoms with E-state index in [-0.39, 0.29) is 0 Å². The van der Waals surface area contributed by atoms with Gasteiger partial charge < -0.3 is 0 Å². The van der Waals surface area contributed by atoms with Crippen molar-refractivity contribution in [1.29, 1.82) is 0 Å². The van der Waals surface area contributed by atoms with E-state index in [9.17, 15) is 0 Å². The van der Waals surface area contributed by atoms with Crippen molar-refractivity contribution >= 4 is 0 Å². The molecule has 3 unspecified atom stereocenters. The number of fused-ring (bicyclic) bond motifs is 2. The van der Waals surface area contributed by atoms with Crippen LogP contribution in [0.2, 0.25) is 0 Å². The highest BCUT2D eigenvalue weighted by Gasteiger charge is 2.32. The molecule has 1 fully saturated rings. The summed E-state index contributed by atoms with van der Waals surface area (Å²) in [4.78, 5) is 0. The van der Waals surface area contributed by atoms with Gasteiger partial charge in [0.25, 0.3) is 0 Å². The van der Waals surface area contributed by atoms with Crippen LogP contribution in [0.1, 0.15) is 19.8 Å². The van der Waals surface area contributed by atoms with Crippen LogP contribution in [-0.4, -0.2) is 0 Å². The molecule has 0 aromatic carbocycles. The van der Waals surface area contributed by atoms with Crippen molar-refractivity contribution in [2.75, 3.05) is 0 Å². The van der Waals surface area contributed by atoms with E-state index in [2.05, 4.69) is 31.9 Å². The Bertz CT molecular complexity index is 153. The SMILES string of the molecule is C#C.CC1CC2C=CC1C2. The second kappa shape index (κ2) is 2.92. The monoisotopic (exact) mass is 134 g/mol. The molecule has 0 spiro atoms. The first-order chi connectivity index (χ1) is 4.86. The first-order valence-electron chi connectivity index (χ1n) is 3.88. The van der Waals surface area contributed by atoms with Crippen LogP contribution in [0.5, 0.6) is 0 Å². The van der Waals surface area contributed by atoms with Crippen LogP contribution in [0.25, 0.3) is 0 Å². The van der Waals surface area contributed by atoms with Crippen molar-refractivity contribution in [3.63, 3.8) is 0 Å². The van der Waals surface area contributed by atoms with Crippen molar-refractivity contribution in [1.82, 2.24) is 0 Å². The minimum absolute atomic E-state index is 0.958. The highest BCUT2D eigenvalue weighted by Crippen LogP contribution is 2.42. The number of terminal acetylenes is 1. The Labute approximate surface area is 63.3 Å². The summed E-state index contributed by atoms with van der Waals surface area (Å²) in [5.41, 5.74) is 0. The molecule has 0 heterocycles. The molecular weight excluding hydrogens is 120 g/mol. The van der Waals surface area contributed by atoms with Crippen molar-refractivity contribution in [2.24, 2.45) is 17.8 Å². The Balaban J connectivity index is 0.000000231. The Hall–Kier alpha value is -0.700. The third kappa shape index (κ3) is 1.09. The smallest absolute Gasteiger partial charge is 0.0202 e. The lowest BCUT2D eigenvalue weighted by Gasteiger charge is -2.09. The molecular formula is C10H14. The van der Waals surface area contributed by atoms with Crippen LogP contribution in [-0.2, 0) is 0 Å². The first-order valence-corrected chi connectivity index (χ1v) is 3.88. The molecule has 0 heteroatoms. The molecule has 2 aliphatic carbocycles. The molecule has 0 radical (unpaired) electrons. The molecule has 2 bridgehead atoms. The molecule has 0 aromatic heterocycles. The fourth-order valence-corrected chi connectivity index (χ4v) is 2.06. The highest BCUT2D eigenvalue weighted by atomic mass is 14.4. The quantitative estimate of drug-likeness (QED) is 0.352. The van der Waals surface area contributed by atoms with Gasteiger partial charge >= 0.3 is 0 Å². The fourth-order valence-electron chi connectivity index (χ4n) is 2.06. The third-order valence-electron chi connectivity index (χ3n) is 2.61. The lowest BCUT2D eigenvalue weighted by molar-refractivity contribution is 0.493. The molecule has 2 rings (SSSR count). The zero-order valence-corrected chi connectivity index (χ0v) is 6.46. The molecule has 1 saturated carbocycles. The van der Waals surface area contributed by atoms with Crippen LogP contribution in [0.3, 0.4) is 0 Å². The molecule has 0 saturated heterocycles. The Morgan fingerprint density at radius 3 is 2.10 bits per heavy atom. The van der Waals surface area contributed by atoms with E-state index in [1.54, 1.807) is 0 Å². The zero-order chi connectivity index (χ0) is 7.56. The largest absolute Gasteiger partial charge is 0.124 e. The summed E-state index contributed by atoms with van der Waals surface area (Å²) in [6, 6.07) is 0. The molecule has 0 nitrogen and oxygen atoms in total. The number of allylic oxidation sites excluding steroid dienone is 2. The second-order valence-corrected chi connectivity index (χ2v) is 3.26. The van der Waals surface area contributed by atoms with E-state index < -0.39 is 0 Å². The van der Waals surface area contributed by atoms with Gasteiger partial charge in [0.15, 0.2) is 0 Å². The maximum Gasteiger partial charge on any atom is -0.0202 e. The molecule has 3 atom stereocenters. The fraction of sp³-hybridized carbons (Fsp3) is 0.600. The highest BCUT2D eigenvalue weighted by molar-refractivity contribution is 5.08. The summed E-state index contributed by atoms with van der Waals surface area (Å²) in [6.07, 6.45) is 15.7. The van der Waals surface area contributed by atoms with E-state index in [0.717, 1.165) is 17.8 Å². The third-order valence-corrected chi connectivity index (χ3v) is 2.61. The summed E-state index contributed by atoms with van der Waals surface area (Å²) >= 11 is 0. The lowest BCUT2D eigenvalue weighted by Crippen LogP contribution is -1.99. The first kappa shape index (κ1) is 7.41. The van der Waals surface area contributed by atoms with E-state index in [1.165, 1.54) is 12.8 Å². The van der Waals surface area contributed by atoms with Crippen LogP contribution in [0.15, 0.2) is 12.2 Å². The maximum absolute atomic E-state index is 4.00.